The monoisotopic (exact) mass is 383 g/mol. The number of halogens is 1. The van der Waals surface area contributed by atoms with Crippen LogP contribution in [0.15, 0.2) is 52.6 Å². The van der Waals surface area contributed by atoms with Gasteiger partial charge in [0.25, 0.3) is 5.91 Å². The minimum absolute atomic E-state index is 0.0114. The van der Waals surface area contributed by atoms with Crippen molar-refractivity contribution in [3.05, 3.63) is 69.3 Å². The van der Waals surface area contributed by atoms with Crippen molar-refractivity contribution >= 4 is 33.2 Å². The van der Waals surface area contributed by atoms with Crippen LogP contribution < -0.4 is 10.6 Å². The van der Waals surface area contributed by atoms with Gasteiger partial charge in [0.05, 0.1) is 0 Å². The van der Waals surface area contributed by atoms with E-state index < -0.39 is 5.91 Å². The highest BCUT2D eigenvalue weighted by molar-refractivity contribution is 9.10. The van der Waals surface area contributed by atoms with Gasteiger partial charge in [0.2, 0.25) is 0 Å². The van der Waals surface area contributed by atoms with Crippen LogP contribution in [0, 0.1) is 32.1 Å². The van der Waals surface area contributed by atoms with E-state index in [9.17, 15) is 10.1 Å². The van der Waals surface area contributed by atoms with Gasteiger partial charge in [0, 0.05) is 22.0 Å². The molecule has 0 fully saturated rings. The Balaban J connectivity index is 2.16. The van der Waals surface area contributed by atoms with Crippen molar-refractivity contribution in [2.45, 2.75) is 20.8 Å². The first-order valence-corrected chi connectivity index (χ1v) is 8.21. The van der Waals surface area contributed by atoms with Gasteiger partial charge in [0.1, 0.15) is 11.6 Å². The Labute approximate surface area is 150 Å². The van der Waals surface area contributed by atoms with Crippen molar-refractivity contribution in [2.75, 3.05) is 10.6 Å². The van der Waals surface area contributed by atoms with Gasteiger partial charge < -0.3 is 10.6 Å². The summed E-state index contributed by atoms with van der Waals surface area (Å²) in [4.78, 5) is 12.4. The van der Waals surface area contributed by atoms with Gasteiger partial charge in [-0.3, -0.25) is 4.79 Å². The Bertz CT molecular complexity index is 810. The van der Waals surface area contributed by atoms with E-state index in [0.29, 0.717) is 0 Å². The highest BCUT2D eigenvalue weighted by atomic mass is 79.9. The van der Waals surface area contributed by atoms with E-state index in [2.05, 4.69) is 26.6 Å². The second-order valence-electron chi connectivity index (χ2n) is 5.55. The van der Waals surface area contributed by atoms with Gasteiger partial charge in [-0.2, -0.15) is 5.26 Å². The third-order valence-corrected chi connectivity index (χ3v) is 4.04. The number of rotatable bonds is 4. The molecule has 0 aliphatic heterocycles. The number of carbonyl (C=O) groups excluding carboxylic acids is 1. The highest BCUT2D eigenvalue weighted by Gasteiger charge is 2.12. The lowest BCUT2D eigenvalue weighted by molar-refractivity contribution is -0.112. The molecule has 24 heavy (non-hydrogen) atoms. The number of nitrogens with one attached hydrogen (secondary N) is 2. The summed E-state index contributed by atoms with van der Waals surface area (Å²) in [5.74, 6) is -0.433. The van der Waals surface area contributed by atoms with Gasteiger partial charge in [-0.15, -0.1) is 0 Å². The summed E-state index contributed by atoms with van der Waals surface area (Å²) in [5.41, 5.74) is 4.63. The summed E-state index contributed by atoms with van der Waals surface area (Å²) in [7, 11) is 0. The van der Waals surface area contributed by atoms with Crippen molar-refractivity contribution in [3.8, 4) is 6.07 Å². The maximum absolute atomic E-state index is 12.4. The summed E-state index contributed by atoms with van der Waals surface area (Å²) in [5, 5.41) is 15.0. The zero-order chi connectivity index (χ0) is 17.7. The Morgan fingerprint density at radius 2 is 1.71 bits per heavy atom. The first kappa shape index (κ1) is 17.8. The van der Waals surface area contributed by atoms with Crippen LogP contribution >= 0.6 is 15.9 Å². The van der Waals surface area contributed by atoms with Crippen molar-refractivity contribution in [3.63, 3.8) is 0 Å². The molecule has 0 radical (unpaired) electrons. The minimum Gasteiger partial charge on any atom is -0.360 e. The number of aryl methyl sites for hydroxylation is 3. The van der Waals surface area contributed by atoms with Crippen LogP contribution in [-0.2, 0) is 4.79 Å². The molecule has 2 N–H and O–H groups in total. The lowest BCUT2D eigenvalue weighted by atomic mass is 10.0. The fourth-order valence-electron chi connectivity index (χ4n) is 2.41. The number of hydrogen-bond donors (Lipinski definition) is 2. The van der Waals surface area contributed by atoms with Crippen LogP contribution in [0.3, 0.4) is 0 Å². The SMILES string of the molecule is Cc1cc(C)c(NC(=O)/C(C#N)=C\Nc2ccc(Br)cc2)c(C)c1. The summed E-state index contributed by atoms with van der Waals surface area (Å²) in [6.07, 6.45) is 1.41. The number of hydrogen-bond acceptors (Lipinski definition) is 3. The van der Waals surface area contributed by atoms with Crippen molar-refractivity contribution in [1.29, 1.82) is 5.26 Å². The van der Waals surface area contributed by atoms with Crippen LogP contribution in [0.5, 0.6) is 0 Å². The second-order valence-corrected chi connectivity index (χ2v) is 6.46. The number of carbonyl (C=O) groups is 1. The molecule has 0 aromatic heterocycles. The lowest BCUT2D eigenvalue weighted by Crippen LogP contribution is -2.16. The van der Waals surface area contributed by atoms with Crippen LogP contribution in [0.25, 0.3) is 0 Å². The molecule has 122 valence electrons. The average Bonchev–Trinajstić information content (AvgIpc) is 2.53. The molecule has 0 aliphatic carbocycles. The third-order valence-electron chi connectivity index (χ3n) is 3.51. The Morgan fingerprint density at radius 1 is 1.12 bits per heavy atom. The Kier molecular flexibility index (Phi) is 5.78. The molecule has 2 rings (SSSR count). The van der Waals surface area contributed by atoms with Crippen LogP contribution in [0.1, 0.15) is 16.7 Å². The van der Waals surface area contributed by atoms with Gasteiger partial charge in [-0.1, -0.05) is 33.6 Å². The van der Waals surface area contributed by atoms with E-state index in [1.54, 1.807) is 0 Å². The predicted octanol–water partition coefficient (Wildman–Crippen LogP) is 4.83. The van der Waals surface area contributed by atoms with E-state index in [-0.39, 0.29) is 5.57 Å². The summed E-state index contributed by atoms with van der Waals surface area (Å²) < 4.78 is 0.959. The molecular formula is C19H18BrN3O. The molecule has 0 atom stereocenters. The van der Waals surface area contributed by atoms with Gasteiger partial charge in [-0.05, 0) is 56.2 Å². The highest BCUT2D eigenvalue weighted by Crippen LogP contribution is 2.22. The average molecular weight is 384 g/mol. The maximum atomic E-state index is 12.4. The molecule has 0 unspecified atom stereocenters. The fraction of sp³-hybridized carbons (Fsp3) is 0.158. The number of anilines is 2. The second kappa shape index (κ2) is 7.80. The summed E-state index contributed by atoms with van der Waals surface area (Å²) >= 11 is 3.36. The van der Waals surface area contributed by atoms with Gasteiger partial charge >= 0.3 is 0 Å². The molecule has 5 heteroatoms. The third kappa shape index (κ3) is 4.46. The molecule has 0 heterocycles. The first-order valence-electron chi connectivity index (χ1n) is 7.42. The standard InChI is InChI=1S/C19H18BrN3O/c1-12-8-13(2)18(14(3)9-12)23-19(24)15(10-21)11-22-17-6-4-16(20)5-7-17/h4-9,11,22H,1-3H3,(H,23,24)/b15-11-. The molecule has 0 spiro atoms. The van der Waals surface area contributed by atoms with Crippen molar-refractivity contribution < 1.29 is 4.79 Å². The van der Waals surface area contributed by atoms with Crippen molar-refractivity contribution in [2.24, 2.45) is 0 Å². The summed E-state index contributed by atoms with van der Waals surface area (Å²) in [6.45, 7) is 5.88. The maximum Gasteiger partial charge on any atom is 0.267 e. The van der Waals surface area contributed by atoms with E-state index in [1.165, 1.54) is 6.20 Å². The first-order chi connectivity index (χ1) is 11.4. The van der Waals surface area contributed by atoms with E-state index >= 15 is 0 Å². The van der Waals surface area contributed by atoms with Gasteiger partial charge in [0.15, 0.2) is 0 Å². The van der Waals surface area contributed by atoms with Gasteiger partial charge in [-0.25, -0.2) is 0 Å². The van der Waals surface area contributed by atoms with Crippen LogP contribution in [0.4, 0.5) is 11.4 Å². The quantitative estimate of drug-likeness (QED) is 0.586. The largest absolute Gasteiger partial charge is 0.360 e. The topological polar surface area (TPSA) is 64.9 Å². The van der Waals surface area contributed by atoms with Crippen LogP contribution in [-0.4, -0.2) is 5.91 Å². The molecule has 0 saturated carbocycles. The number of nitrogens with zero attached hydrogens (tertiary/aromatic N) is 1. The van der Waals surface area contributed by atoms with E-state index in [1.807, 2.05) is 63.2 Å². The fourth-order valence-corrected chi connectivity index (χ4v) is 2.67. The molecule has 4 nitrogen and oxygen atoms in total. The molecule has 0 bridgehead atoms. The Morgan fingerprint density at radius 3 is 2.25 bits per heavy atom. The van der Waals surface area contributed by atoms with Crippen molar-refractivity contribution in [1.82, 2.24) is 0 Å². The lowest BCUT2D eigenvalue weighted by Gasteiger charge is -2.12. The number of amides is 1. The molecule has 2 aromatic carbocycles. The predicted molar refractivity (Wildman–Crippen MR) is 101 cm³/mol. The van der Waals surface area contributed by atoms with E-state index in [4.69, 9.17) is 0 Å². The van der Waals surface area contributed by atoms with E-state index in [0.717, 1.165) is 32.5 Å². The smallest absolute Gasteiger partial charge is 0.267 e. The minimum atomic E-state index is -0.433. The zero-order valence-electron chi connectivity index (χ0n) is 13.8. The molecule has 0 saturated heterocycles. The summed E-state index contributed by atoms with van der Waals surface area (Å²) in [6, 6.07) is 13.4. The molecule has 0 aliphatic rings. The zero-order valence-corrected chi connectivity index (χ0v) is 15.4. The Hall–Kier alpha value is -2.58. The molecular weight excluding hydrogens is 366 g/mol. The molecule has 2 aromatic rings. The number of benzene rings is 2. The molecule has 1 amide bonds. The number of nitriles is 1. The normalized spacial score (nSPS) is 10.9. The van der Waals surface area contributed by atoms with Crippen LogP contribution in [0.2, 0.25) is 0 Å².